The van der Waals surface area contributed by atoms with Crippen LogP contribution >= 0.6 is 0 Å². The molecule has 0 bridgehead atoms. The third kappa shape index (κ3) is 69.3. The molecule has 0 rings (SSSR count). The van der Waals surface area contributed by atoms with Gasteiger partial charge in [-0.15, -0.1) is 0 Å². The van der Waals surface area contributed by atoms with Crippen molar-refractivity contribution < 1.29 is 28.6 Å². The van der Waals surface area contributed by atoms with Crippen LogP contribution in [0.5, 0.6) is 0 Å². The fourth-order valence-electron chi connectivity index (χ4n) is 10.5. The Balaban J connectivity index is 4.33. The Morgan fingerprint density at radius 2 is 0.470 bits per heavy atom. The molecule has 0 aromatic heterocycles. The minimum absolute atomic E-state index is 0.0769. The number of rotatable bonds is 66. The topological polar surface area (TPSA) is 78.9 Å². The van der Waals surface area contributed by atoms with Crippen LogP contribution in [-0.4, -0.2) is 37.2 Å². The first kappa shape index (κ1) is 79.6. The van der Waals surface area contributed by atoms with Crippen LogP contribution in [0.3, 0.4) is 0 Å². The molecule has 0 aliphatic rings. The van der Waals surface area contributed by atoms with Crippen LogP contribution in [0.2, 0.25) is 0 Å². The van der Waals surface area contributed by atoms with E-state index in [9.17, 15) is 14.4 Å². The minimum Gasteiger partial charge on any atom is -0.462 e. The van der Waals surface area contributed by atoms with Crippen molar-refractivity contribution in [1.29, 1.82) is 0 Å². The lowest BCUT2D eigenvalue weighted by atomic mass is 10.0. The number of ether oxygens (including phenoxy) is 3. The fraction of sp³-hybridized carbons (Fsp3) is 0.779. The summed E-state index contributed by atoms with van der Waals surface area (Å²) in [7, 11) is 0. The van der Waals surface area contributed by atoms with E-state index in [2.05, 4.69) is 106 Å². The van der Waals surface area contributed by atoms with Crippen LogP contribution < -0.4 is 0 Å². The van der Waals surface area contributed by atoms with Crippen molar-refractivity contribution in [1.82, 2.24) is 0 Å². The van der Waals surface area contributed by atoms with Crippen molar-refractivity contribution in [3.8, 4) is 0 Å². The van der Waals surface area contributed by atoms with Gasteiger partial charge in [0.1, 0.15) is 13.2 Å². The van der Waals surface area contributed by atoms with Gasteiger partial charge in [-0.05, 0) is 96.3 Å². The molecule has 0 N–H and O–H groups in total. The maximum atomic E-state index is 13.0. The largest absolute Gasteiger partial charge is 0.462 e. The number of hydrogen-bond donors (Lipinski definition) is 0. The molecule has 0 fully saturated rings. The third-order valence-corrected chi connectivity index (χ3v) is 15.9. The molecule has 480 valence electrons. The highest BCUT2D eigenvalue weighted by atomic mass is 16.6. The second-order valence-corrected chi connectivity index (χ2v) is 24.1. The highest BCUT2D eigenvalue weighted by molar-refractivity contribution is 5.71. The highest BCUT2D eigenvalue weighted by Gasteiger charge is 2.19. The Morgan fingerprint density at radius 1 is 0.253 bits per heavy atom. The van der Waals surface area contributed by atoms with Crippen molar-refractivity contribution >= 4 is 17.9 Å². The molecule has 83 heavy (non-hydrogen) atoms. The number of unbranched alkanes of at least 4 members (excludes halogenated alkanes) is 41. The first-order valence-electron chi connectivity index (χ1n) is 36.1. The third-order valence-electron chi connectivity index (χ3n) is 15.9. The monoisotopic (exact) mass is 1160 g/mol. The van der Waals surface area contributed by atoms with Gasteiger partial charge in [-0.3, -0.25) is 14.4 Å². The quantitative estimate of drug-likeness (QED) is 0.0261. The van der Waals surface area contributed by atoms with E-state index in [0.717, 1.165) is 103 Å². The van der Waals surface area contributed by atoms with Gasteiger partial charge in [0.15, 0.2) is 6.10 Å². The van der Waals surface area contributed by atoms with Crippen LogP contribution in [0.25, 0.3) is 0 Å². The summed E-state index contributed by atoms with van der Waals surface area (Å²) in [6.07, 6.45) is 94.6. The maximum absolute atomic E-state index is 13.0. The summed E-state index contributed by atoms with van der Waals surface area (Å²) in [5, 5.41) is 0. The zero-order chi connectivity index (χ0) is 59.9. The molecule has 0 aliphatic carbocycles. The summed E-state index contributed by atoms with van der Waals surface area (Å²) in [4.78, 5) is 38.5. The predicted octanol–water partition coefficient (Wildman–Crippen LogP) is 25.0. The van der Waals surface area contributed by atoms with E-state index in [-0.39, 0.29) is 31.1 Å². The molecule has 1 unspecified atom stereocenters. The number of hydrogen-bond acceptors (Lipinski definition) is 6. The van der Waals surface area contributed by atoms with Crippen molar-refractivity contribution in [2.24, 2.45) is 0 Å². The van der Waals surface area contributed by atoms with Crippen molar-refractivity contribution in [3.05, 3.63) is 85.1 Å². The van der Waals surface area contributed by atoms with Crippen molar-refractivity contribution in [2.45, 2.75) is 374 Å². The summed E-state index contributed by atoms with van der Waals surface area (Å²) >= 11 is 0. The number of allylic oxidation sites excluding steroid dienone is 14. The Hall–Kier alpha value is -3.41. The van der Waals surface area contributed by atoms with Gasteiger partial charge < -0.3 is 14.2 Å². The molecular formula is C77H136O6. The minimum atomic E-state index is -0.781. The standard InChI is InChI=1S/C77H136O6/c1-4-7-10-13-16-19-22-25-28-31-34-36-37-38-39-40-41-42-44-46-49-52-55-58-61-64-67-70-76(79)82-73-74(72-81-75(78)69-66-63-60-57-54-51-48-45-33-30-27-24-21-18-15-12-9-6-3)83-77(80)71-68-65-62-59-56-53-50-47-43-35-32-29-26-23-20-17-14-11-8-5-2/h7,10,16,19,21,24-25,28,30,33-34,36,38-39,74H,4-6,8-9,11-15,17-18,20,22-23,26-27,29,31-32,35,37,40-73H2,1-3H3/b10-7-,19-16-,24-21-,28-25-,33-30-,36-34-,39-38-. The Kier molecular flexibility index (Phi) is 68.2. The smallest absolute Gasteiger partial charge is 0.306 e. The van der Waals surface area contributed by atoms with E-state index in [4.69, 9.17) is 14.2 Å². The molecule has 0 aromatic carbocycles. The molecule has 6 heteroatoms. The van der Waals surface area contributed by atoms with Gasteiger partial charge in [-0.2, -0.15) is 0 Å². The molecule has 0 spiro atoms. The van der Waals surface area contributed by atoms with Crippen LogP contribution in [0.4, 0.5) is 0 Å². The van der Waals surface area contributed by atoms with Crippen molar-refractivity contribution in [3.63, 3.8) is 0 Å². The first-order chi connectivity index (χ1) is 41.0. The lowest BCUT2D eigenvalue weighted by Crippen LogP contribution is -2.30. The van der Waals surface area contributed by atoms with Gasteiger partial charge >= 0.3 is 17.9 Å². The molecule has 0 amide bonds. The van der Waals surface area contributed by atoms with Gasteiger partial charge in [-0.25, -0.2) is 0 Å². The molecule has 0 aliphatic heterocycles. The second kappa shape index (κ2) is 71.1. The van der Waals surface area contributed by atoms with Crippen LogP contribution in [-0.2, 0) is 28.6 Å². The lowest BCUT2D eigenvalue weighted by Gasteiger charge is -2.18. The summed E-state index contributed by atoms with van der Waals surface area (Å²) in [6, 6.07) is 0. The average Bonchev–Trinajstić information content (AvgIpc) is 3.49. The number of carbonyl (C=O) groups excluding carboxylic acids is 3. The van der Waals surface area contributed by atoms with Crippen LogP contribution in [0.15, 0.2) is 85.1 Å². The SMILES string of the molecule is CC/C=C\C/C=C\C/C=C\C/C=C\C/C=C\CCCCCCCCCCCCCC(=O)OCC(COC(=O)CCCCCCCCC/C=C\C/C=C\CCCCCC)OC(=O)CCCCCCCCCCCCCCCCCCCCCC. The summed E-state index contributed by atoms with van der Waals surface area (Å²) in [5.41, 5.74) is 0. The molecule has 0 aromatic rings. The molecule has 0 radical (unpaired) electrons. The molecular weight excluding hydrogens is 1020 g/mol. The van der Waals surface area contributed by atoms with E-state index >= 15 is 0 Å². The van der Waals surface area contributed by atoms with E-state index in [1.807, 2.05) is 0 Å². The Morgan fingerprint density at radius 3 is 0.747 bits per heavy atom. The number of esters is 3. The van der Waals surface area contributed by atoms with E-state index in [0.29, 0.717) is 19.3 Å². The molecule has 0 saturated heterocycles. The van der Waals surface area contributed by atoms with Gasteiger partial charge in [0.2, 0.25) is 0 Å². The first-order valence-corrected chi connectivity index (χ1v) is 36.1. The van der Waals surface area contributed by atoms with Crippen LogP contribution in [0, 0.1) is 0 Å². The average molecular weight is 1160 g/mol. The van der Waals surface area contributed by atoms with E-state index < -0.39 is 6.10 Å². The lowest BCUT2D eigenvalue weighted by molar-refractivity contribution is -0.167. The summed E-state index contributed by atoms with van der Waals surface area (Å²) in [5.74, 6) is -0.864. The Bertz CT molecular complexity index is 1570. The zero-order valence-electron chi connectivity index (χ0n) is 55.2. The molecule has 1 atom stereocenters. The Labute approximate surface area is 515 Å². The van der Waals surface area contributed by atoms with Gasteiger partial charge in [0, 0.05) is 19.3 Å². The predicted molar refractivity (Wildman–Crippen MR) is 362 cm³/mol. The number of carbonyl (C=O) groups is 3. The molecule has 0 saturated carbocycles. The van der Waals surface area contributed by atoms with Gasteiger partial charge in [0.05, 0.1) is 0 Å². The van der Waals surface area contributed by atoms with E-state index in [1.165, 1.54) is 225 Å². The van der Waals surface area contributed by atoms with E-state index in [1.54, 1.807) is 0 Å². The van der Waals surface area contributed by atoms with Crippen LogP contribution in [0.1, 0.15) is 367 Å². The summed E-state index contributed by atoms with van der Waals surface area (Å²) in [6.45, 7) is 6.56. The summed E-state index contributed by atoms with van der Waals surface area (Å²) < 4.78 is 17.0. The maximum Gasteiger partial charge on any atom is 0.306 e. The van der Waals surface area contributed by atoms with Gasteiger partial charge in [-0.1, -0.05) is 337 Å². The zero-order valence-corrected chi connectivity index (χ0v) is 55.2. The highest BCUT2D eigenvalue weighted by Crippen LogP contribution is 2.18. The normalized spacial score (nSPS) is 12.6. The molecule has 6 nitrogen and oxygen atoms in total. The second-order valence-electron chi connectivity index (χ2n) is 24.1. The fourth-order valence-corrected chi connectivity index (χ4v) is 10.5. The van der Waals surface area contributed by atoms with Crippen molar-refractivity contribution in [2.75, 3.05) is 13.2 Å². The molecule has 0 heterocycles. The van der Waals surface area contributed by atoms with Gasteiger partial charge in [0.25, 0.3) is 0 Å².